The van der Waals surface area contributed by atoms with Crippen LogP contribution in [-0.4, -0.2) is 83.8 Å². The molecule has 10 heteroatoms. The van der Waals surface area contributed by atoms with Crippen molar-refractivity contribution in [1.29, 1.82) is 0 Å². The third kappa shape index (κ3) is 6.00. The lowest BCUT2D eigenvalue weighted by molar-refractivity contribution is 0.0644. The van der Waals surface area contributed by atoms with Crippen LogP contribution < -0.4 is 4.72 Å². The molecule has 0 radical (unpaired) electrons. The molecule has 1 aromatic carbocycles. The summed E-state index contributed by atoms with van der Waals surface area (Å²) in [7, 11) is -6.62. The third-order valence-electron chi connectivity index (χ3n) is 5.09. The number of piperazine rings is 1. The Bertz CT molecular complexity index is 918. The van der Waals surface area contributed by atoms with E-state index in [2.05, 4.69) is 4.72 Å². The number of carbonyl (C=O) groups excluding carboxylic acids is 1. The molecule has 8 nitrogen and oxygen atoms in total. The number of nitrogens with zero attached hydrogens (tertiary/aromatic N) is 2. The molecule has 1 N–H and O–H groups in total. The third-order valence-corrected chi connectivity index (χ3v) is 7.43. The molecule has 1 aromatic rings. The van der Waals surface area contributed by atoms with Crippen molar-refractivity contribution in [2.45, 2.75) is 17.7 Å². The van der Waals surface area contributed by atoms with Crippen LogP contribution in [0.5, 0.6) is 0 Å². The van der Waals surface area contributed by atoms with Crippen LogP contribution in [0.2, 0.25) is 0 Å². The number of rotatable bonds is 8. The van der Waals surface area contributed by atoms with Gasteiger partial charge in [0, 0.05) is 51.1 Å². The summed E-state index contributed by atoms with van der Waals surface area (Å²) in [5.74, 6) is 0.329. The van der Waals surface area contributed by atoms with Crippen molar-refractivity contribution in [3.63, 3.8) is 0 Å². The van der Waals surface area contributed by atoms with Crippen molar-refractivity contribution in [1.82, 2.24) is 14.5 Å². The summed E-state index contributed by atoms with van der Waals surface area (Å²) in [6.45, 7) is 3.07. The molecule has 1 saturated carbocycles. The van der Waals surface area contributed by atoms with E-state index in [1.807, 2.05) is 4.90 Å². The van der Waals surface area contributed by atoms with Gasteiger partial charge in [-0.05, 0) is 37.0 Å². The number of hydrogen-bond donors (Lipinski definition) is 1. The molecule has 1 aliphatic carbocycles. The highest BCUT2D eigenvalue weighted by Gasteiger charge is 2.26. The van der Waals surface area contributed by atoms with Gasteiger partial charge in [0.1, 0.15) is 9.84 Å². The minimum absolute atomic E-state index is 0.103. The maximum atomic E-state index is 12.8. The second-order valence-corrected chi connectivity index (χ2v) is 11.6. The maximum absolute atomic E-state index is 12.8. The van der Waals surface area contributed by atoms with Crippen LogP contribution in [0.4, 0.5) is 0 Å². The van der Waals surface area contributed by atoms with E-state index < -0.39 is 19.9 Å². The van der Waals surface area contributed by atoms with E-state index in [-0.39, 0.29) is 16.6 Å². The molecule has 2 fully saturated rings. The van der Waals surface area contributed by atoms with Crippen LogP contribution in [0, 0.1) is 5.92 Å². The Kier molecular flexibility index (Phi) is 6.43. The molecule has 0 bridgehead atoms. The monoisotopic (exact) mass is 429 g/mol. The summed E-state index contributed by atoms with van der Waals surface area (Å²) in [5.41, 5.74) is 0.346. The Morgan fingerprint density at radius 3 is 2.39 bits per heavy atom. The Morgan fingerprint density at radius 2 is 1.79 bits per heavy atom. The van der Waals surface area contributed by atoms with Gasteiger partial charge in [-0.1, -0.05) is 6.07 Å². The van der Waals surface area contributed by atoms with Crippen LogP contribution in [-0.2, 0) is 19.9 Å². The van der Waals surface area contributed by atoms with Crippen molar-refractivity contribution in [2.75, 3.05) is 51.3 Å². The van der Waals surface area contributed by atoms with Crippen molar-refractivity contribution in [3.8, 4) is 0 Å². The van der Waals surface area contributed by atoms with Gasteiger partial charge in [0.2, 0.25) is 10.0 Å². The van der Waals surface area contributed by atoms with Crippen LogP contribution >= 0.6 is 0 Å². The quantitative estimate of drug-likeness (QED) is 0.632. The number of sulfone groups is 1. The van der Waals surface area contributed by atoms with Gasteiger partial charge in [0.25, 0.3) is 5.91 Å². The van der Waals surface area contributed by atoms with Crippen molar-refractivity contribution < 1.29 is 21.6 Å². The Labute approximate surface area is 166 Å². The molecule has 0 aromatic heterocycles. The van der Waals surface area contributed by atoms with Crippen molar-refractivity contribution in [2.24, 2.45) is 5.92 Å². The first-order valence-corrected chi connectivity index (χ1v) is 13.0. The molecule has 0 atom stereocenters. The summed E-state index contributed by atoms with van der Waals surface area (Å²) in [5, 5.41) is 0. The number of sulfonamides is 1. The molecular formula is C18H27N3O5S2. The molecule has 28 heavy (non-hydrogen) atoms. The van der Waals surface area contributed by atoms with Crippen molar-refractivity contribution >= 4 is 25.8 Å². The summed E-state index contributed by atoms with van der Waals surface area (Å²) in [6.07, 6.45) is 3.32. The molecular weight excluding hydrogens is 402 g/mol. The number of benzene rings is 1. The van der Waals surface area contributed by atoms with E-state index in [1.54, 1.807) is 17.0 Å². The Balaban J connectivity index is 1.59. The predicted molar refractivity (Wildman–Crippen MR) is 106 cm³/mol. The van der Waals surface area contributed by atoms with Crippen LogP contribution in [0.1, 0.15) is 23.2 Å². The van der Waals surface area contributed by atoms with Crippen LogP contribution in [0.3, 0.4) is 0 Å². The lowest BCUT2D eigenvalue weighted by Gasteiger charge is -2.34. The maximum Gasteiger partial charge on any atom is 0.253 e. The Morgan fingerprint density at radius 1 is 1.11 bits per heavy atom. The summed E-state index contributed by atoms with van der Waals surface area (Å²) < 4.78 is 50.0. The molecule has 1 saturated heterocycles. The minimum Gasteiger partial charge on any atom is -0.336 e. The van der Waals surface area contributed by atoms with E-state index in [9.17, 15) is 21.6 Å². The zero-order valence-corrected chi connectivity index (χ0v) is 17.6. The fourth-order valence-corrected chi connectivity index (χ4v) is 4.83. The normalized spacial score (nSPS) is 19.0. The van der Waals surface area contributed by atoms with Gasteiger partial charge >= 0.3 is 0 Å². The molecule has 2 aliphatic rings. The van der Waals surface area contributed by atoms with Gasteiger partial charge in [-0.25, -0.2) is 21.6 Å². The molecule has 1 aliphatic heterocycles. The molecule has 0 unspecified atom stereocenters. The zero-order valence-electron chi connectivity index (χ0n) is 16.0. The summed E-state index contributed by atoms with van der Waals surface area (Å²) in [6, 6.07) is 6.13. The fourth-order valence-electron chi connectivity index (χ4n) is 3.08. The highest BCUT2D eigenvalue weighted by Crippen LogP contribution is 2.28. The average Bonchev–Trinajstić information content (AvgIpc) is 3.49. The molecule has 1 amide bonds. The topological polar surface area (TPSA) is 104 Å². The highest BCUT2D eigenvalue weighted by atomic mass is 32.2. The minimum atomic E-state index is -3.62. The summed E-state index contributed by atoms with van der Waals surface area (Å²) >= 11 is 0. The van der Waals surface area contributed by atoms with Gasteiger partial charge in [-0.3, -0.25) is 9.69 Å². The van der Waals surface area contributed by atoms with Gasteiger partial charge in [0.05, 0.1) is 10.6 Å². The van der Waals surface area contributed by atoms with Crippen molar-refractivity contribution in [3.05, 3.63) is 29.8 Å². The van der Waals surface area contributed by atoms with E-state index in [0.29, 0.717) is 50.7 Å². The SMILES string of the molecule is CS(=O)(=O)CCN1CCN(C(=O)c2cccc(S(=O)(=O)NCC3CC3)c2)CC1. The van der Waals surface area contributed by atoms with E-state index in [1.165, 1.54) is 18.4 Å². The number of carbonyl (C=O) groups is 1. The lowest BCUT2D eigenvalue weighted by Crippen LogP contribution is -2.49. The Hall–Kier alpha value is -1.49. The first kappa shape index (κ1) is 21.2. The molecule has 0 spiro atoms. The smallest absolute Gasteiger partial charge is 0.253 e. The number of nitrogens with one attached hydrogen (secondary N) is 1. The number of amides is 1. The predicted octanol–water partition coefficient (Wildman–Crippen LogP) is 0.177. The van der Waals surface area contributed by atoms with Crippen LogP contribution in [0.15, 0.2) is 29.2 Å². The van der Waals surface area contributed by atoms with Gasteiger partial charge < -0.3 is 4.90 Å². The highest BCUT2D eigenvalue weighted by molar-refractivity contribution is 7.90. The van der Waals surface area contributed by atoms with Crippen LogP contribution in [0.25, 0.3) is 0 Å². The summed E-state index contributed by atoms with van der Waals surface area (Å²) in [4.78, 5) is 16.6. The second-order valence-electron chi connectivity index (χ2n) is 7.59. The van der Waals surface area contributed by atoms with Gasteiger partial charge in [-0.2, -0.15) is 0 Å². The van der Waals surface area contributed by atoms with E-state index in [0.717, 1.165) is 12.8 Å². The molecule has 156 valence electrons. The van der Waals surface area contributed by atoms with Gasteiger partial charge in [-0.15, -0.1) is 0 Å². The first-order valence-electron chi connectivity index (χ1n) is 9.43. The van der Waals surface area contributed by atoms with E-state index in [4.69, 9.17) is 0 Å². The fraction of sp³-hybridized carbons (Fsp3) is 0.611. The average molecular weight is 430 g/mol. The zero-order chi connectivity index (χ0) is 20.4. The number of hydrogen-bond acceptors (Lipinski definition) is 6. The first-order chi connectivity index (χ1) is 13.1. The molecule has 3 rings (SSSR count). The standard InChI is InChI=1S/C18H27N3O5S2/c1-27(23,24)12-11-20-7-9-21(10-8-20)18(22)16-3-2-4-17(13-16)28(25,26)19-14-15-5-6-15/h2-4,13,15,19H,5-12,14H2,1H3. The largest absolute Gasteiger partial charge is 0.336 e. The molecule has 1 heterocycles. The lowest BCUT2D eigenvalue weighted by atomic mass is 10.2. The van der Waals surface area contributed by atoms with Gasteiger partial charge in [0.15, 0.2) is 0 Å². The van der Waals surface area contributed by atoms with E-state index >= 15 is 0 Å². The second kappa shape index (κ2) is 8.48.